The fourth-order valence-corrected chi connectivity index (χ4v) is 4.18. The number of carbonyl (C=O) groups excluding carboxylic acids is 1. The summed E-state index contributed by atoms with van der Waals surface area (Å²) >= 11 is 0. The number of nitrogens with zero attached hydrogens (tertiary/aromatic N) is 3. The Bertz CT molecular complexity index is 672. The van der Waals surface area contributed by atoms with Gasteiger partial charge in [0.25, 0.3) is 0 Å². The molecule has 1 aliphatic rings. The monoisotopic (exact) mass is 557 g/mol. The van der Waals surface area contributed by atoms with Crippen molar-refractivity contribution >= 4 is 35.8 Å². The first-order valence-electron chi connectivity index (χ1n) is 12.0. The van der Waals surface area contributed by atoms with E-state index in [2.05, 4.69) is 83.6 Å². The highest BCUT2D eigenvalue weighted by molar-refractivity contribution is 14.0. The highest BCUT2D eigenvalue weighted by Gasteiger charge is 2.26. The van der Waals surface area contributed by atoms with E-state index in [1.54, 1.807) is 0 Å². The van der Waals surface area contributed by atoms with Gasteiger partial charge in [0.05, 0.1) is 0 Å². The number of hydrogen-bond donors (Lipinski definition) is 2. The summed E-state index contributed by atoms with van der Waals surface area (Å²) in [6, 6.07) is 11.5. The molecule has 1 fully saturated rings. The van der Waals surface area contributed by atoms with E-state index in [-0.39, 0.29) is 29.9 Å². The van der Waals surface area contributed by atoms with Gasteiger partial charge in [0.2, 0.25) is 5.91 Å². The van der Waals surface area contributed by atoms with Crippen LogP contribution in [0.1, 0.15) is 58.4 Å². The van der Waals surface area contributed by atoms with E-state index in [9.17, 15) is 4.79 Å². The van der Waals surface area contributed by atoms with Crippen LogP contribution in [0.5, 0.6) is 0 Å². The number of nitrogens with one attached hydrogen (secondary N) is 2. The zero-order valence-electron chi connectivity index (χ0n) is 20.6. The van der Waals surface area contributed by atoms with Gasteiger partial charge in [0.1, 0.15) is 0 Å². The van der Waals surface area contributed by atoms with Crippen LogP contribution >= 0.6 is 24.0 Å². The van der Waals surface area contributed by atoms with Gasteiger partial charge in [-0.05, 0) is 51.6 Å². The van der Waals surface area contributed by atoms with Crippen LogP contribution in [0.15, 0.2) is 35.3 Å². The second-order valence-corrected chi connectivity index (χ2v) is 8.79. The van der Waals surface area contributed by atoms with Crippen molar-refractivity contribution in [3.63, 3.8) is 0 Å². The van der Waals surface area contributed by atoms with Gasteiger partial charge in [-0.2, -0.15) is 0 Å². The molecule has 2 N–H and O–H groups in total. The van der Waals surface area contributed by atoms with E-state index in [1.165, 1.54) is 5.56 Å². The molecule has 1 aromatic rings. The number of benzene rings is 1. The van der Waals surface area contributed by atoms with Crippen LogP contribution in [-0.2, 0) is 11.3 Å². The molecule has 32 heavy (non-hydrogen) atoms. The number of guanidine groups is 1. The molecule has 0 spiro atoms. The first-order chi connectivity index (χ1) is 15.0. The molecule has 1 saturated heterocycles. The standard InChI is InChI=1S/C25H43N5O.HI/c1-6-22(7-2)24(31)30-17-14-23(15-18-30)28-25(26-4)27-16-13-20(3)29(5)19-21-11-9-8-10-12-21;/h8-12,20,22-23H,6-7,13-19H2,1-5H3,(H2,26,27,28);1H. The molecule has 1 unspecified atom stereocenters. The topological polar surface area (TPSA) is 60.0 Å². The van der Waals surface area contributed by atoms with Crippen molar-refractivity contribution in [1.29, 1.82) is 0 Å². The van der Waals surface area contributed by atoms with Gasteiger partial charge in [-0.25, -0.2) is 0 Å². The van der Waals surface area contributed by atoms with Gasteiger partial charge in [-0.3, -0.25) is 14.7 Å². The third-order valence-corrected chi connectivity index (χ3v) is 6.59. The highest BCUT2D eigenvalue weighted by Crippen LogP contribution is 2.17. The zero-order valence-corrected chi connectivity index (χ0v) is 23.0. The fourth-order valence-electron chi connectivity index (χ4n) is 4.18. The molecular weight excluding hydrogens is 513 g/mol. The second-order valence-electron chi connectivity index (χ2n) is 8.79. The van der Waals surface area contributed by atoms with Gasteiger partial charge in [-0.1, -0.05) is 44.2 Å². The molecule has 0 aliphatic carbocycles. The summed E-state index contributed by atoms with van der Waals surface area (Å²) in [5.41, 5.74) is 1.34. The predicted octanol–water partition coefficient (Wildman–Crippen LogP) is 4.11. The number of amides is 1. The van der Waals surface area contributed by atoms with Crippen molar-refractivity contribution in [2.75, 3.05) is 33.7 Å². The quantitative estimate of drug-likeness (QED) is 0.258. The van der Waals surface area contributed by atoms with E-state index in [0.29, 0.717) is 18.0 Å². The molecule has 0 radical (unpaired) electrons. The van der Waals surface area contributed by atoms with E-state index < -0.39 is 0 Å². The molecule has 182 valence electrons. The Morgan fingerprint density at radius 1 is 1.19 bits per heavy atom. The largest absolute Gasteiger partial charge is 0.356 e. The third-order valence-electron chi connectivity index (χ3n) is 6.59. The van der Waals surface area contributed by atoms with Crippen LogP contribution in [-0.4, -0.2) is 67.5 Å². The van der Waals surface area contributed by atoms with E-state index >= 15 is 0 Å². The van der Waals surface area contributed by atoms with Crippen molar-refractivity contribution in [3.05, 3.63) is 35.9 Å². The molecular formula is C25H44IN5O. The van der Waals surface area contributed by atoms with Gasteiger partial charge in [0.15, 0.2) is 5.96 Å². The lowest BCUT2D eigenvalue weighted by Gasteiger charge is -2.35. The van der Waals surface area contributed by atoms with Crippen molar-refractivity contribution in [2.24, 2.45) is 10.9 Å². The summed E-state index contributed by atoms with van der Waals surface area (Å²) < 4.78 is 0. The van der Waals surface area contributed by atoms with Crippen molar-refractivity contribution in [3.8, 4) is 0 Å². The van der Waals surface area contributed by atoms with Crippen molar-refractivity contribution in [1.82, 2.24) is 20.4 Å². The Balaban J connectivity index is 0.00000512. The summed E-state index contributed by atoms with van der Waals surface area (Å²) in [6.45, 7) is 10.0. The molecule has 0 bridgehead atoms. The number of likely N-dealkylation sites (tertiary alicyclic amines) is 1. The smallest absolute Gasteiger partial charge is 0.225 e. The van der Waals surface area contributed by atoms with Crippen LogP contribution in [0.3, 0.4) is 0 Å². The van der Waals surface area contributed by atoms with Crippen LogP contribution < -0.4 is 10.6 Å². The maximum atomic E-state index is 12.6. The molecule has 1 heterocycles. The minimum absolute atomic E-state index is 0. The van der Waals surface area contributed by atoms with Gasteiger partial charge in [0, 0.05) is 51.2 Å². The Labute approximate surface area is 212 Å². The number of halogens is 1. The fraction of sp³-hybridized carbons (Fsp3) is 0.680. The minimum Gasteiger partial charge on any atom is -0.356 e. The first-order valence-corrected chi connectivity index (χ1v) is 12.0. The normalized spacial score (nSPS) is 16.1. The lowest BCUT2D eigenvalue weighted by Crippen LogP contribution is -2.51. The average Bonchev–Trinajstić information content (AvgIpc) is 2.80. The molecule has 0 saturated carbocycles. The molecule has 1 atom stereocenters. The molecule has 0 aromatic heterocycles. The van der Waals surface area contributed by atoms with Crippen molar-refractivity contribution < 1.29 is 4.79 Å². The third kappa shape index (κ3) is 9.25. The number of carbonyl (C=O) groups is 1. The minimum atomic E-state index is 0. The molecule has 1 aliphatic heterocycles. The van der Waals surface area contributed by atoms with E-state index in [4.69, 9.17) is 0 Å². The average molecular weight is 558 g/mol. The summed E-state index contributed by atoms with van der Waals surface area (Å²) in [5, 5.41) is 7.02. The number of rotatable bonds is 10. The predicted molar refractivity (Wildman–Crippen MR) is 146 cm³/mol. The summed E-state index contributed by atoms with van der Waals surface area (Å²) in [4.78, 5) is 21.4. The molecule has 6 nitrogen and oxygen atoms in total. The lowest BCUT2D eigenvalue weighted by molar-refractivity contribution is -0.136. The Hall–Kier alpha value is -1.35. The van der Waals surface area contributed by atoms with Crippen LogP contribution in [0.25, 0.3) is 0 Å². The summed E-state index contributed by atoms with van der Waals surface area (Å²) in [6.07, 6.45) is 4.87. The Morgan fingerprint density at radius 2 is 1.81 bits per heavy atom. The van der Waals surface area contributed by atoms with Crippen molar-refractivity contribution in [2.45, 2.75) is 71.5 Å². The molecule has 2 rings (SSSR count). The Morgan fingerprint density at radius 3 is 2.38 bits per heavy atom. The first kappa shape index (κ1) is 28.7. The number of aliphatic imine (C=N–C) groups is 1. The zero-order chi connectivity index (χ0) is 22.6. The molecule has 7 heteroatoms. The number of piperidine rings is 1. The number of hydrogen-bond acceptors (Lipinski definition) is 3. The van der Waals surface area contributed by atoms with Crippen LogP contribution in [0, 0.1) is 5.92 Å². The van der Waals surface area contributed by atoms with Crippen LogP contribution in [0.4, 0.5) is 0 Å². The summed E-state index contributed by atoms with van der Waals surface area (Å²) in [7, 11) is 4.01. The van der Waals surface area contributed by atoms with Gasteiger partial charge in [-0.15, -0.1) is 24.0 Å². The summed E-state index contributed by atoms with van der Waals surface area (Å²) in [5.74, 6) is 1.38. The Kier molecular flexibility index (Phi) is 13.9. The maximum absolute atomic E-state index is 12.6. The maximum Gasteiger partial charge on any atom is 0.225 e. The second kappa shape index (κ2) is 15.5. The van der Waals surface area contributed by atoms with E-state index in [1.807, 2.05) is 7.05 Å². The van der Waals surface area contributed by atoms with Gasteiger partial charge >= 0.3 is 0 Å². The van der Waals surface area contributed by atoms with E-state index in [0.717, 1.165) is 64.2 Å². The van der Waals surface area contributed by atoms with Crippen LogP contribution in [0.2, 0.25) is 0 Å². The lowest BCUT2D eigenvalue weighted by atomic mass is 9.98. The molecule has 1 aromatic carbocycles. The highest BCUT2D eigenvalue weighted by atomic mass is 127. The SMILES string of the molecule is CCC(CC)C(=O)N1CCC(NC(=NC)NCCC(C)N(C)Cc2ccccc2)CC1.I. The molecule has 1 amide bonds. The van der Waals surface area contributed by atoms with Gasteiger partial charge < -0.3 is 15.5 Å².